The Kier molecular flexibility index (Phi) is 7.35. The molecule has 0 amide bonds. The van der Waals surface area contributed by atoms with Gasteiger partial charge in [-0.25, -0.2) is 19.7 Å². The van der Waals surface area contributed by atoms with E-state index in [0.29, 0.717) is 36.6 Å². The van der Waals surface area contributed by atoms with Crippen LogP contribution in [0, 0.1) is 19.8 Å². The highest BCUT2D eigenvalue weighted by Gasteiger charge is 2.41. The molecule has 2 aliphatic heterocycles. The van der Waals surface area contributed by atoms with E-state index in [2.05, 4.69) is 24.9 Å². The van der Waals surface area contributed by atoms with E-state index in [1.165, 1.54) is 17.6 Å². The predicted octanol–water partition coefficient (Wildman–Crippen LogP) is 2.23. The van der Waals surface area contributed by atoms with Gasteiger partial charge in [0.05, 0.1) is 31.2 Å². The van der Waals surface area contributed by atoms with Gasteiger partial charge in [-0.05, 0) is 32.6 Å². The Balaban J connectivity index is 1.22. The average Bonchev–Trinajstić information content (AvgIpc) is 3.54. The van der Waals surface area contributed by atoms with Crippen molar-refractivity contribution >= 4 is 18.8 Å². The molecule has 2 fully saturated rings. The molecule has 0 radical (unpaired) electrons. The van der Waals surface area contributed by atoms with Crippen LogP contribution in [-0.4, -0.2) is 65.6 Å². The Morgan fingerprint density at radius 2 is 1.79 bits per heavy atom. The molecule has 1 N–H and O–H groups in total. The summed E-state index contributed by atoms with van der Waals surface area (Å²) in [5.41, 5.74) is -0.0601. The molecule has 0 aromatic carbocycles. The smallest absolute Gasteiger partial charge is 0.352 e. The molecule has 3 aromatic heterocycles. The van der Waals surface area contributed by atoms with Crippen molar-refractivity contribution in [3.05, 3.63) is 45.1 Å². The van der Waals surface area contributed by atoms with Crippen molar-refractivity contribution in [2.75, 3.05) is 13.3 Å². The van der Waals surface area contributed by atoms with E-state index in [-0.39, 0.29) is 35.8 Å². The van der Waals surface area contributed by atoms with Crippen LogP contribution >= 0.6 is 7.60 Å². The van der Waals surface area contributed by atoms with Gasteiger partial charge in [-0.2, -0.15) is 4.98 Å². The summed E-state index contributed by atoms with van der Waals surface area (Å²) < 4.78 is 40.3. The van der Waals surface area contributed by atoms with Gasteiger partial charge in [-0.15, -0.1) is 0 Å². The van der Waals surface area contributed by atoms with Gasteiger partial charge >= 0.3 is 13.3 Å². The molecule has 2 aliphatic rings. The van der Waals surface area contributed by atoms with Crippen molar-refractivity contribution < 1.29 is 23.1 Å². The maximum absolute atomic E-state index is 13.3. The standard InChI is InChI=1S/C23H32N7O7P/c1-6-15-16(8-19(35-15)30-10-24-13(3)28-23(30)32)37-38(5,33)34-9-17-12(2)7-18(36-17)29-11-25-20-21(29)26-14(4)27-22(20)31/h10-12,15-19H,6-9H2,1-5H3,(H,26,27,31)/t12?,15-,16?,17-,18-,19-,38?/m1/s1. The number of imidazole rings is 1. The average molecular weight is 550 g/mol. The Hall–Kier alpha value is -2.77. The van der Waals surface area contributed by atoms with E-state index in [0.717, 1.165) is 0 Å². The Labute approximate surface area is 218 Å². The number of hydrogen-bond donors (Lipinski definition) is 1. The van der Waals surface area contributed by atoms with Crippen molar-refractivity contribution in [1.29, 1.82) is 0 Å². The van der Waals surface area contributed by atoms with Crippen molar-refractivity contribution in [2.24, 2.45) is 5.92 Å². The first-order valence-electron chi connectivity index (χ1n) is 12.6. The summed E-state index contributed by atoms with van der Waals surface area (Å²) in [4.78, 5) is 43.6. The number of nitrogens with zero attached hydrogens (tertiary/aromatic N) is 6. The van der Waals surface area contributed by atoms with Crippen LogP contribution in [0.3, 0.4) is 0 Å². The summed E-state index contributed by atoms with van der Waals surface area (Å²) in [7, 11) is -3.50. The fraction of sp³-hybridized carbons (Fsp3) is 0.652. The number of aryl methyl sites for hydroxylation is 2. The Morgan fingerprint density at radius 1 is 1.08 bits per heavy atom. The lowest BCUT2D eigenvalue weighted by molar-refractivity contribution is -0.0321. The van der Waals surface area contributed by atoms with Gasteiger partial charge in [0, 0.05) is 13.1 Å². The molecule has 2 saturated heterocycles. The third-order valence-corrected chi connectivity index (χ3v) is 8.21. The molecule has 5 heterocycles. The summed E-state index contributed by atoms with van der Waals surface area (Å²) in [6.45, 7) is 8.78. The quantitative estimate of drug-likeness (QED) is 0.410. The highest BCUT2D eigenvalue weighted by molar-refractivity contribution is 7.53. The summed E-state index contributed by atoms with van der Waals surface area (Å²) in [6, 6.07) is 0. The fourth-order valence-corrected chi connectivity index (χ4v) is 6.13. The molecule has 38 heavy (non-hydrogen) atoms. The van der Waals surface area contributed by atoms with Crippen LogP contribution in [-0.2, 0) is 23.1 Å². The van der Waals surface area contributed by atoms with E-state index in [1.807, 2.05) is 13.8 Å². The predicted molar refractivity (Wildman–Crippen MR) is 135 cm³/mol. The first-order chi connectivity index (χ1) is 18.0. The lowest BCUT2D eigenvalue weighted by Gasteiger charge is -2.24. The monoisotopic (exact) mass is 549 g/mol. The molecule has 3 unspecified atom stereocenters. The zero-order valence-electron chi connectivity index (χ0n) is 21.9. The van der Waals surface area contributed by atoms with E-state index >= 15 is 0 Å². The fourth-order valence-electron chi connectivity index (χ4n) is 4.94. The number of nitrogens with one attached hydrogen (secondary N) is 1. The molecule has 15 heteroatoms. The van der Waals surface area contributed by atoms with Gasteiger partial charge in [0.1, 0.15) is 30.4 Å². The lowest BCUT2D eigenvalue weighted by atomic mass is 10.0. The summed E-state index contributed by atoms with van der Waals surface area (Å²) >= 11 is 0. The number of H-pyrrole nitrogens is 1. The second kappa shape index (κ2) is 10.4. The van der Waals surface area contributed by atoms with Crippen LogP contribution < -0.4 is 11.2 Å². The van der Waals surface area contributed by atoms with Gasteiger partial charge in [0.15, 0.2) is 11.2 Å². The maximum Gasteiger partial charge on any atom is 0.352 e. The highest BCUT2D eigenvalue weighted by atomic mass is 31.2. The van der Waals surface area contributed by atoms with Gasteiger partial charge in [-0.3, -0.25) is 18.5 Å². The molecule has 0 spiro atoms. The number of aromatic nitrogens is 7. The summed E-state index contributed by atoms with van der Waals surface area (Å²) in [6.07, 6.45) is 2.24. The largest absolute Gasteiger partial charge is 0.352 e. The minimum absolute atomic E-state index is 0.0597. The zero-order valence-corrected chi connectivity index (χ0v) is 22.8. The van der Waals surface area contributed by atoms with Crippen molar-refractivity contribution in [3.63, 3.8) is 0 Å². The van der Waals surface area contributed by atoms with Gasteiger partial charge < -0.3 is 23.5 Å². The molecular weight excluding hydrogens is 517 g/mol. The van der Waals surface area contributed by atoms with E-state index in [1.54, 1.807) is 24.7 Å². The minimum atomic E-state index is -3.50. The van der Waals surface area contributed by atoms with Crippen LogP contribution in [0.4, 0.5) is 0 Å². The molecule has 14 nitrogen and oxygen atoms in total. The zero-order chi connectivity index (χ0) is 27.2. The molecule has 206 valence electrons. The number of hydrogen-bond acceptors (Lipinski definition) is 11. The van der Waals surface area contributed by atoms with Crippen LogP contribution in [0.1, 0.15) is 57.2 Å². The second-order valence-electron chi connectivity index (χ2n) is 9.90. The molecule has 3 aromatic rings. The van der Waals surface area contributed by atoms with Crippen molar-refractivity contribution in [2.45, 2.75) is 77.7 Å². The molecule has 5 rings (SSSR count). The third-order valence-electron chi connectivity index (χ3n) is 6.94. The lowest BCUT2D eigenvalue weighted by Crippen LogP contribution is -2.28. The third kappa shape index (κ3) is 5.36. The summed E-state index contributed by atoms with van der Waals surface area (Å²) in [5.74, 6) is 0.946. The van der Waals surface area contributed by atoms with Crippen LogP contribution in [0.2, 0.25) is 0 Å². The Bertz CT molecular complexity index is 1490. The first kappa shape index (κ1) is 26.8. The molecule has 0 saturated carbocycles. The maximum atomic E-state index is 13.3. The summed E-state index contributed by atoms with van der Waals surface area (Å²) in [5, 5.41) is 0. The van der Waals surface area contributed by atoms with Crippen LogP contribution in [0.15, 0.2) is 22.2 Å². The van der Waals surface area contributed by atoms with E-state index in [4.69, 9.17) is 18.5 Å². The van der Waals surface area contributed by atoms with Gasteiger partial charge in [0.25, 0.3) is 5.56 Å². The van der Waals surface area contributed by atoms with E-state index in [9.17, 15) is 14.2 Å². The van der Waals surface area contributed by atoms with Crippen molar-refractivity contribution in [3.8, 4) is 0 Å². The number of fused-ring (bicyclic) bond motifs is 1. The minimum Gasteiger partial charge on any atom is -0.352 e. The van der Waals surface area contributed by atoms with E-state index < -0.39 is 31.8 Å². The number of aromatic amines is 1. The highest BCUT2D eigenvalue weighted by Crippen LogP contribution is 2.50. The first-order valence-corrected chi connectivity index (χ1v) is 14.6. The molecule has 7 atom stereocenters. The number of ether oxygens (including phenoxy) is 2. The Morgan fingerprint density at radius 3 is 2.53 bits per heavy atom. The second-order valence-corrected chi connectivity index (χ2v) is 11.9. The molecule has 0 bridgehead atoms. The van der Waals surface area contributed by atoms with Crippen molar-refractivity contribution in [1.82, 2.24) is 34.1 Å². The normalized spacial score (nSPS) is 29.2. The molecule has 0 aliphatic carbocycles. The van der Waals surface area contributed by atoms with Crippen LogP contribution in [0.25, 0.3) is 11.2 Å². The molecular formula is C23H32N7O7P. The van der Waals surface area contributed by atoms with Gasteiger partial charge in [0.2, 0.25) is 0 Å². The van der Waals surface area contributed by atoms with Gasteiger partial charge in [-0.1, -0.05) is 13.8 Å². The SMILES string of the molecule is CC[C@H]1O[C@@H](n2cnc(C)nc2=O)CC1OP(C)(=O)OC[C@H]1O[C@@H](n2cnc3c(=O)[nH]c(C)nc32)CC1C. The topological polar surface area (TPSA) is 165 Å². The number of rotatable bonds is 8. The van der Waals surface area contributed by atoms with Crippen LogP contribution in [0.5, 0.6) is 0 Å².